The van der Waals surface area contributed by atoms with E-state index in [1.165, 1.54) is 0 Å². The number of carbonyl (C=O) groups excluding carboxylic acids is 1. The van der Waals surface area contributed by atoms with Crippen LogP contribution in [0.5, 0.6) is 5.75 Å². The van der Waals surface area contributed by atoms with Crippen LogP contribution in [-0.2, 0) is 11.2 Å². The summed E-state index contributed by atoms with van der Waals surface area (Å²) in [5, 5.41) is 11.2. The Labute approximate surface area is 139 Å². The number of aromatic nitrogens is 2. The number of amides is 2. The fourth-order valence-corrected chi connectivity index (χ4v) is 2.32. The SMILES string of the molecule is CCN(CCc1nc2ccc(OC)cc2[nH]1)C(=O)NCCC(=O)O. The minimum atomic E-state index is -0.934. The maximum absolute atomic E-state index is 12.0. The number of carboxylic acids is 1. The molecule has 0 aliphatic heterocycles. The lowest BCUT2D eigenvalue weighted by Gasteiger charge is -2.20. The Morgan fingerprint density at radius 3 is 2.88 bits per heavy atom. The first kappa shape index (κ1) is 17.6. The number of aliphatic carboxylic acids is 1. The summed E-state index contributed by atoms with van der Waals surface area (Å²) < 4.78 is 5.18. The minimum Gasteiger partial charge on any atom is -0.497 e. The Morgan fingerprint density at radius 1 is 1.42 bits per heavy atom. The highest BCUT2D eigenvalue weighted by atomic mass is 16.5. The van der Waals surface area contributed by atoms with Crippen molar-refractivity contribution in [2.75, 3.05) is 26.7 Å². The molecule has 1 aromatic heterocycles. The fraction of sp³-hybridized carbons (Fsp3) is 0.438. The van der Waals surface area contributed by atoms with E-state index in [9.17, 15) is 9.59 Å². The first-order valence-corrected chi connectivity index (χ1v) is 7.80. The van der Waals surface area contributed by atoms with E-state index in [-0.39, 0.29) is 19.0 Å². The van der Waals surface area contributed by atoms with Gasteiger partial charge < -0.3 is 25.0 Å². The number of methoxy groups -OCH3 is 1. The molecule has 1 heterocycles. The van der Waals surface area contributed by atoms with E-state index in [4.69, 9.17) is 9.84 Å². The number of imidazole rings is 1. The van der Waals surface area contributed by atoms with Gasteiger partial charge in [-0.15, -0.1) is 0 Å². The number of H-pyrrole nitrogens is 1. The van der Waals surface area contributed by atoms with Gasteiger partial charge in [0.15, 0.2) is 0 Å². The molecule has 0 unspecified atom stereocenters. The van der Waals surface area contributed by atoms with Crippen LogP contribution >= 0.6 is 0 Å². The van der Waals surface area contributed by atoms with Crippen LogP contribution in [0.15, 0.2) is 18.2 Å². The number of carboxylic acid groups (broad SMARTS) is 1. The normalized spacial score (nSPS) is 10.6. The van der Waals surface area contributed by atoms with Gasteiger partial charge in [-0.3, -0.25) is 4.79 Å². The Kier molecular flexibility index (Phi) is 6.00. The molecule has 2 rings (SSSR count). The van der Waals surface area contributed by atoms with E-state index < -0.39 is 5.97 Å². The largest absolute Gasteiger partial charge is 0.497 e. The van der Waals surface area contributed by atoms with E-state index in [1.807, 2.05) is 25.1 Å². The quantitative estimate of drug-likeness (QED) is 0.680. The fourth-order valence-electron chi connectivity index (χ4n) is 2.32. The molecule has 0 aliphatic rings. The number of hydrogen-bond donors (Lipinski definition) is 3. The number of urea groups is 1. The second-order valence-corrected chi connectivity index (χ2v) is 5.27. The molecule has 0 bridgehead atoms. The number of aromatic amines is 1. The average molecular weight is 334 g/mol. The van der Waals surface area contributed by atoms with E-state index >= 15 is 0 Å². The number of hydrogen-bond acceptors (Lipinski definition) is 4. The predicted octanol–water partition coefficient (Wildman–Crippen LogP) is 1.62. The monoisotopic (exact) mass is 334 g/mol. The second kappa shape index (κ2) is 8.19. The third-order valence-electron chi connectivity index (χ3n) is 3.64. The summed E-state index contributed by atoms with van der Waals surface area (Å²) in [4.78, 5) is 31.8. The second-order valence-electron chi connectivity index (χ2n) is 5.27. The predicted molar refractivity (Wildman–Crippen MR) is 89.2 cm³/mol. The Morgan fingerprint density at radius 2 is 2.21 bits per heavy atom. The number of nitrogens with one attached hydrogen (secondary N) is 2. The lowest BCUT2D eigenvalue weighted by Crippen LogP contribution is -2.41. The van der Waals surface area contributed by atoms with Crippen LogP contribution in [0.4, 0.5) is 4.79 Å². The van der Waals surface area contributed by atoms with Crippen molar-refractivity contribution in [2.45, 2.75) is 19.8 Å². The van der Waals surface area contributed by atoms with Crippen molar-refractivity contribution in [3.05, 3.63) is 24.0 Å². The van der Waals surface area contributed by atoms with Crippen molar-refractivity contribution in [3.8, 4) is 5.75 Å². The number of benzene rings is 1. The Bertz CT molecular complexity index is 713. The zero-order chi connectivity index (χ0) is 17.5. The van der Waals surface area contributed by atoms with Gasteiger partial charge in [-0.2, -0.15) is 0 Å². The first-order valence-electron chi connectivity index (χ1n) is 7.80. The third kappa shape index (κ3) is 4.61. The third-order valence-corrected chi connectivity index (χ3v) is 3.64. The Hall–Kier alpha value is -2.77. The summed E-state index contributed by atoms with van der Waals surface area (Å²) in [6, 6.07) is 5.34. The van der Waals surface area contributed by atoms with Crippen LogP contribution < -0.4 is 10.1 Å². The highest BCUT2D eigenvalue weighted by molar-refractivity contribution is 5.77. The van der Waals surface area contributed by atoms with Gasteiger partial charge in [-0.25, -0.2) is 9.78 Å². The first-order chi connectivity index (χ1) is 11.5. The van der Waals surface area contributed by atoms with Crippen molar-refractivity contribution in [1.82, 2.24) is 20.2 Å². The van der Waals surface area contributed by atoms with Crippen molar-refractivity contribution in [2.24, 2.45) is 0 Å². The summed E-state index contributed by atoms with van der Waals surface area (Å²) in [6.45, 7) is 3.02. The topological polar surface area (TPSA) is 108 Å². The van der Waals surface area contributed by atoms with Gasteiger partial charge in [0.05, 0.1) is 24.6 Å². The van der Waals surface area contributed by atoms with Crippen molar-refractivity contribution < 1.29 is 19.4 Å². The molecule has 0 aliphatic carbocycles. The maximum Gasteiger partial charge on any atom is 0.317 e. The number of nitrogens with zero attached hydrogens (tertiary/aromatic N) is 2. The standard InChI is InChI=1S/C16H22N4O4/c1-3-20(16(23)17-8-6-15(21)22)9-7-14-18-12-5-4-11(24-2)10-13(12)19-14/h4-5,10H,3,6-9H2,1-2H3,(H,17,23)(H,18,19)(H,21,22). The van der Waals surface area contributed by atoms with Gasteiger partial charge in [0, 0.05) is 32.1 Å². The molecule has 2 amide bonds. The molecule has 130 valence electrons. The van der Waals surface area contributed by atoms with Gasteiger partial charge in [0.1, 0.15) is 11.6 Å². The summed E-state index contributed by atoms with van der Waals surface area (Å²) in [6.07, 6.45) is 0.492. The van der Waals surface area contributed by atoms with Crippen molar-refractivity contribution in [3.63, 3.8) is 0 Å². The molecule has 1 aromatic carbocycles. The number of rotatable bonds is 8. The molecule has 0 saturated heterocycles. The molecule has 8 nitrogen and oxygen atoms in total. The van der Waals surface area contributed by atoms with Crippen LogP contribution in [-0.4, -0.2) is 58.7 Å². The molecular weight excluding hydrogens is 312 g/mol. The molecule has 0 radical (unpaired) electrons. The molecule has 2 aromatic rings. The number of fused-ring (bicyclic) bond motifs is 1. The van der Waals surface area contributed by atoms with Crippen LogP contribution in [0.1, 0.15) is 19.2 Å². The summed E-state index contributed by atoms with van der Waals surface area (Å²) in [7, 11) is 1.61. The Balaban J connectivity index is 1.92. The van der Waals surface area contributed by atoms with E-state index in [0.717, 1.165) is 22.6 Å². The highest BCUT2D eigenvalue weighted by Crippen LogP contribution is 2.18. The van der Waals surface area contributed by atoms with Crippen molar-refractivity contribution >= 4 is 23.0 Å². The molecule has 0 atom stereocenters. The maximum atomic E-state index is 12.0. The zero-order valence-corrected chi connectivity index (χ0v) is 13.8. The van der Waals surface area contributed by atoms with Crippen LogP contribution in [0.3, 0.4) is 0 Å². The van der Waals surface area contributed by atoms with Gasteiger partial charge in [-0.05, 0) is 19.1 Å². The molecule has 3 N–H and O–H groups in total. The van der Waals surface area contributed by atoms with Crippen molar-refractivity contribution in [1.29, 1.82) is 0 Å². The van der Waals surface area contributed by atoms with E-state index in [0.29, 0.717) is 19.5 Å². The summed E-state index contributed by atoms with van der Waals surface area (Å²) in [5.74, 6) is 0.608. The number of ether oxygens (including phenoxy) is 1. The van der Waals surface area contributed by atoms with Gasteiger partial charge in [0.2, 0.25) is 0 Å². The van der Waals surface area contributed by atoms with Crippen LogP contribution in [0.2, 0.25) is 0 Å². The molecule has 24 heavy (non-hydrogen) atoms. The highest BCUT2D eigenvalue weighted by Gasteiger charge is 2.13. The lowest BCUT2D eigenvalue weighted by atomic mass is 10.3. The van der Waals surface area contributed by atoms with Gasteiger partial charge >= 0.3 is 12.0 Å². The van der Waals surface area contributed by atoms with Crippen LogP contribution in [0, 0.1) is 0 Å². The van der Waals surface area contributed by atoms with E-state index in [2.05, 4.69) is 15.3 Å². The number of likely N-dealkylation sites (N-methyl/N-ethyl adjacent to an activating group) is 1. The van der Waals surface area contributed by atoms with Gasteiger partial charge in [-0.1, -0.05) is 0 Å². The average Bonchev–Trinajstić information content (AvgIpc) is 2.96. The van der Waals surface area contributed by atoms with Gasteiger partial charge in [0.25, 0.3) is 0 Å². The lowest BCUT2D eigenvalue weighted by molar-refractivity contribution is -0.136. The molecule has 0 saturated carbocycles. The summed E-state index contributed by atoms with van der Waals surface area (Å²) >= 11 is 0. The van der Waals surface area contributed by atoms with E-state index in [1.54, 1.807) is 12.0 Å². The molecular formula is C16H22N4O4. The molecule has 8 heteroatoms. The van der Waals surface area contributed by atoms with Crippen LogP contribution in [0.25, 0.3) is 11.0 Å². The minimum absolute atomic E-state index is 0.0886. The zero-order valence-electron chi connectivity index (χ0n) is 13.8. The molecule has 0 spiro atoms. The smallest absolute Gasteiger partial charge is 0.317 e. The number of carbonyl (C=O) groups is 2. The summed E-state index contributed by atoms with van der Waals surface area (Å²) in [5.41, 5.74) is 1.73. The molecule has 0 fully saturated rings.